The Morgan fingerprint density at radius 1 is 1.32 bits per heavy atom. The molecule has 1 saturated heterocycles. The molecule has 5 heteroatoms. The van der Waals surface area contributed by atoms with Gasteiger partial charge in [0.05, 0.1) is 30.4 Å². The molecule has 1 fully saturated rings. The number of fused-ring (bicyclic) bond motifs is 1. The van der Waals surface area contributed by atoms with Gasteiger partial charge in [-0.3, -0.25) is 9.59 Å². The highest BCUT2D eigenvalue weighted by molar-refractivity contribution is 6.09. The summed E-state index contributed by atoms with van der Waals surface area (Å²) in [7, 11) is 0. The molecule has 0 saturated carbocycles. The summed E-state index contributed by atoms with van der Waals surface area (Å²) in [5.74, 6) is -0.285. The van der Waals surface area contributed by atoms with Crippen molar-refractivity contribution >= 4 is 17.5 Å². The third-order valence-electron chi connectivity index (χ3n) is 3.55. The minimum atomic E-state index is -0.196. The van der Waals surface area contributed by atoms with Gasteiger partial charge in [0, 0.05) is 6.61 Å². The number of hydrogen-bond donors (Lipinski definition) is 1. The van der Waals surface area contributed by atoms with Crippen LogP contribution in [0, 0.1) is 0 Å². The number of nitrogens with zero attached hydrogens (tertiary/aromatic N) is 1. The smallest absolute Gasteiger partial charge is 0.253 e. The highest BCUT2D eigenvalue weighted by atomic mass is 16.5. The van der Waals surface area contributed by atoms with E-state index in [2.05, 4.69) is 5.32 Å². The maximum absolute atomic E-state index is 12.2. The predicted molar refractivity (Wildman–Crippen MR) is 70.1 cm³/mol. The van der Waals surface area contributed by atoms with Crippen molar-refractivity contribution in [2.24, 2.45) is 0 Å². The van der Waals surface area contributed by atoms with Crippen LogP contribution in [0.2, 0.25) is 0 Å². The summed E-state index contributed by atoms with van der Waals surface area (Å²) in [6.45, 7) is 1.32. The van der Waals surface area contributed by atoms with Gasteiger partial charge in [-0.15, -0.1) is 0 Å². The first-order chi connectivity index (χ1) is 9.25. The van der Waals surface area contributed by atoms with Crippen molar-refractivity contribution in [2.45, 2.75) is 18.9 Å². The molecule has 3 rings (SSSR count). The molecular weight excluding hydrogens is 244 g/mol. The molecule has 0 bridgehead atoms. The molecule has 0 aliphatic carbocycles. The molecule has 1 atom stereocenters. The molecule has 1 aromatic carbocycles. The number of carbonyl (C=O) groups excluding carboxylic acids is 2. The molecule has 1 aromatic rings. The zero-order valence-corrected chi connectivity index (χ0v) is 10.6. The molecule has 1 N–H and O–H groups in total. The molecule has 5 nitrogen and oxygen atoms in total. The number of anilines is 1. The lowest BCUT2D eigenvalue weighted by Gasteiger charge is -2.24. The van der Waals surface area contributed by atoms with Crippen LogP contribution in [-0.4, -0.2) is 37.6 Å². The molecule has 2 aliphatic heterocycles. The molecule has 2 amide bonds. The van der Waals surface area contributed by atoms with E-state index >= 15 is 0 Å². The summed E-state index contributed by atoms with van der Waals surface area (Å²) >= 11 is 0. The van der Waals surface area contributed by atoms with E-state index in [0.29, 0.717) is 17.8 Å². The highest BCUT2D eigenvalue weighted by Crippen LogP contribution is 2.24. The lowest BCUT2D eigenvalue weighted by atomic mass is 10.1. The highest BCUT2D eigenvalue weighted by Gasteiger charge is 2.29. The number of hydrogen-bond acceptors (Lipinski definition) is 3. The summed E-state index contributed by atoms with van der Waals surface area (Å²) in [6.07, 6.45) is 2.07. The monoisotopic (exact) mass is 260 g/mol. The molecular formula is C14H16N2O3. The van der Waals surface area contributed by atoms with Crippen LogP contribution in [0.4, 0.5) is 5.69 Å². The van der Waals surface area contributed by atoms with Gasteiger partial charge >= 0.3 is 0 Å². The van der Waals surface area contributed by atoms with Gasteiger partial charge in [-0.25, -0.2) is 0 Å². The number of ether oxygens (including phenoxy) is 1. The number of benzene rings is 1. The molecule has 100 valence electrons. The van der Waals surface area contributed by atoms with Crippen LogP contribution in [0.3, 0.4) is 0 Å². The van der Waals surface area contributed by atoms with Crippen molar-refractivity contribution < 1.29 is 14.3 Å². The minimum absolute atomic E-state index is 0.0419. The van der Waals surface area contributed by atoms with E-state index in [4.69, 9.17) is 4.74 Å². The zero-order valence-electron chi connectivity index (χ0n) is 10.6. The second-order valence-corrected chi connectivity index (χ2v) is 4.84. The number of nitrogens with one attached hydrogen (secondary N) is 1. The first kappa shape index (κ1) is 12.2. The van der Waals surface area contributed by atoms with Gasteiger partial charge in [0.1, 0.15) is 0 Å². The van der Waals surface area contributed by atoms with Gasteiger partial charge in [-0.2, -0.15) is 0 Å². The molecule has 0 aromatic heterocycles. The molecule has 2 heterocycles. The Balaban J connectivity index is 1.93. The fourth-order valence-electron chi connectivity index (χ4n) is 2.57. The van der Waals surface area contributed by atoms with Crippen LogP contribution in [0.1, 0.15) is 23.2 Å². The Labute approximate surface area is 111 Å². The van der Waals surface area contributed by atoms with E-state index in [0.717, 1.165) is 19.4 Å². The van der Waals surface area contributed by atoms with Crippen LogP contribution in [0.25, 0.3) is 0 Å². The third kappa shape index (κ3) is 2.33. The first-order valence-electron chi connectivity index (χ1n) is 6.55. The summed E-state index contributed by atoms with van der Waals surface area (Å²) in [5.41, 5.74) is 1.23. The van der Waals surface area contributed by atoms with Crippen molar-refractivity contribution in [1.82, 2.24) is 5.32 Å². The van der Waals surface area contributed by atoms with Crippen LogP contribution >= 0.6 is 0 Å². The number of carbonyl (C=O) groups is 2. The summed E-state index contributed by atoms with van der Waals surface area (Å²) in [4.78, 5) is 25.7. The Bertz CT molecular complexity index is 509. The number of para-hydroxylation sites is 1. The van der Waals surface area contributed by atoms with Gasteiger partial charge in [0.2, 0.25) is 5.91 Å². The molecule has 19 heavy (non-hydrogen) atoms. The maximum atomic E-state index is 12.2. The fraction of sp³-hybridized carbons (Fsp3) is 0.429. The quantitative estimate of drug-likeness (QED) is 0.861. The van der Waals surface area contributed by atoms with Crippen LogP contribution in [0.5, 0.6) is 0 Å². The van der Waals surface area contributed by atoms with Crippen molar-refractivity contribution in [3.8, 4) is 0 Å². The maximum Gasteiger partial charge on any atom is 0.253 e. The van der Waals surface area contributed by atoms with Crippen LogP contribution in [0.15, 0.2) is 24.3 Å². The van der Waals surface area contributed by atoms with E-state index in [1.54, 1.807) is 17.0 Å². The number of amides is 2. The van der Waals surface area contributed by atoms with E-state index in [1.165, 1.54) is 0 Å². The average molecular weight is 260 g/mol. The molecule has 0 radical (unpaired) electrons. The van der Waals surface area contributed by atoms with Gasteiger partial charge in [0.25, 0.3) is 5.91 Å². The van der Waals surface area contributed by atoms with Crippen molar-refractivity contribution in [2.75, 3.05) is 24.6 Å². The van der Waals surface area contributed by atoms with Crippen molar-refractivity contribution in [3.63, 3.8) is 0 Å². The summed E-state index contributed by atoms with van der Waals surface area (Å²) in [6, 6.07) is 7.20. The second-order valence-electron chi connectivity index (χ2n) is 4.84. The average Bonchev–Trinajstić information content (AvgIpc) is 2.91. The van der Waals surface area contributed by atoms with E-state index in [9.17, 15) is 9.59 Å². The Kier molecular flexibility index (Phi) is 3.21. The van der Waals surface area contributed by atoms with Gasteiger partial charge in [-0.1, -0.05) is 12.1 Å². The van der Waals surface area contributed by atoms with E-state index < -0.39 is 0 Å². The van der Waals surface area contributed by atoms with E-state index in [1.807, 2.05) is 12.1 Å². The second kappa shape index (κ2) is 5.01. The molecule has 0 spiro atoms. The fourth-order valence-corrected chi connectivity index (χ4v) is 2.57. The van der Waals surface area contributed by atoms with Crippen molar-refractivity contribution in [3.05, 3.63) is 29.8 Å². The van der Waals surface area contributed by atoms with Gasteiger partial charge in [0.15, 0.2) is 0 Å². The lowest BCUT2D eigenvalue weighted by Crippen LogP contribution is -2.40. The van der Waals surface area contributed by atoms with E-state index in [-0.39, 0.29) is 24.5 Å². The van der Waals surface area contributed by atoms with Gasteiger partial charge < -0.3 is 15.0 Å². The zero-order chi connectivity index (χ0) is 13.2. The molecule has 2 aliphatic rings. The Morgan fingerprint density at radius 2 is 2.16 bits per heavy atom. The predicted octanol–water partition coefficient (Wildman–Crippen LogP) is 0.942. The van der Waals surface area contributed by atoms with Crippen molar-refractivity contribution in [1.29, 1.82) is 0 Å². The number of rotatable bonds is 2. The largest absolute Gasteiger partial charge is 0.376 e. The summed E-state index contributed by atoms with van der Waals surface area (Å²) < 4.78 is 5.59. The topological polar surface area (TPSA) is 58.6 Å². The standard InChI is InChI=1S/C14H16N2O3/c17-13-8-15-14(18)11-5-1-2-6-12(11)16(13)9-10-4-3-7-19-10/h1-2,5-6,10H,3-4,7-9H2,(H,15,18). The minimum Gasteiger partial charge on any atom is -0.376 e. The molecule has 1 unspecified atom stereocenters. The summed E-state index contributed by atoms with van der Waals surface area (Å²) in [5, 5.41) is 2.63. The Hall–Kier alpha value is -1.88. The SMILES string of the molecule is O=C1NCC(=O)N(CC2CCCO2)c2ccccc21. The Morgan fingerprint density at radius 3 is 2.95 bits per heavy atom. The third-order valence-corrected chi connectivity index (χ3v) is 3.55. The van der Waals surface area contributed by atoms with Gasteiger partial charge in [-0.05, 0) is 25.0 Å². The first-order valence-corrected chi connectivity index (χ1v) is 6.55. The van der Waals surface area contributed by atoms with Crippen LogP contribution < -0.4 is 10.2 Å². The lowest BCUT2D eigenvalue weighted by molar-refractivity contribution is -0.118. The normalized spacial score (nSPS) is 22.9. The van der Waals surface area contributed by atoms with Crippen LogP contribution in [-0.2, 0) is 9.53 Å².